The lowest BCUT2D eigenvalue weighted by Crippen LogP contribution is -2.11. The smallest absolute Gasteiger partial charge is 0.257 e. The first-order valence-corrected chi connectivity index (χ1v) is 11.2. The van der Waals surface area contributed by atoms with Crippen molar-refractivity contribution in [1.82, 2.24) is 4.98 Å². The summed E-state index contributed by atoms with van der Waals surface area (Å²) < 4.78 is 17.3. The van der Waals surface area contributed by atoms with Crippen LogP contribution in [-0.2, 0) is 0 Å². The fraction of sp³-hybridized carbons (Fsp3) is 0.250. The maximum absolute atomic E-state index is 12.7. The monoisotopic (exact) mass is 436 g/mol. The topological polar surface area (TPSA) is 73.6 Å². The Balaban J connectivity index is 1.48. The molecule has 6 nitrogen and oxygen atoms in total. The predicted molar refractivity (Wildman–Crippen MR) is 123 cm³/mol. The summed E-state index contributed by atoms with van der Waals surface area (Å²) in [6.45, 7) is 5.25. The first-order chi connectivity index (χ1) is 15.2. The van der Waals surface area contributed by atoms with Crippen molar-refractivity contribution < 1.29 is 18.7 Å². The molecule has 0 spiro atoms. The van der Waals surface area contributed by atoms with Crippen LogP contribution in [0.25, 0.3) is 22.4 Å². The lowest BCUT2D eigenvalue weighted by Gasteiger charge is -2.07. The number of nitrogens with one attached hydrogen (secondary N) is 1. The van der Waals surface area contributed by atoms with Gasteiger partial charge in [0, 0.05) is 16.3 Å². The minimum Gasteiger partial charge on any atom is -0.494 e. The number of carbonyl (C=O) groups is 1. The molecule has 0 bridgehead atoms. The quantitative estimate of drug-likeness (QED) is 0.308. The van der Waals surface area contributed by atoms with E-state index in [9.17, 15) is 4.79 Å². The number of para-hydroxylation sites is 1. The number of carbonyl (C=O) groups excluding carboxylic acids is 1. The highest BCUT2D eigenvalue weighted by molar-refractivity contribution is 7.14. The molecule has 0 saturated heterocycles. The number of thiazole rings is 1. The molecule has 7 heteroatoms. The molecule has 1 amide bonds. The van der Waals surface area contributed by atoms with Crippen LogP contribution in [-0.4, -0.2) is 24.1 Å². The van der Waals surface area contributed by atoms with Crippen LogP contribution in [0.4, 0.5) is 5.13 Å². The van der Waals surface area contributed by atoms with E-state index < -0.39 is 0 Å². The molecule has 0 radical (unpaired) electrons. The summed E-state index contributed by atoms with van der Waals surface area (Å²) in [7, 11) is 0. The zero-order valence-corrected chi connectivity index (χ0v) is 18.3. The average molecular weight is 437 g/mol. The van der Waals surface area contributed by atoms with E-state index in [1.54, 1.807) is 12.1 Å². The lowest BCUT2D eigenvalue weighted by molar-refractivity contribution is 0.102. The first-order valence-electron chi connectivity index (χ1n) is 10.3. The third-order valence-corrected chi connectivity index (χ3v) is 5.41. The first kappa shape index (κ1) is 20.9. The number of anilines is 1. The Morgan fingerprint density at radius 2 is 2.00 bits per heavy atom. The third kappa shape index (κ3) is 4.88. The summed E-state index contributed by atoms with van der Waals surface area (Å²) in [4.78, 5) is 17.2. The number of furan rings is 1. The zero-order valence-electron chi connectivity index (χ0n) is 17.5. The summed E-state index contributed by atoms with van der Waals surface area (Å²) in [6.07, 6.45) is 2.04. The molecular weight excluding hydrogens is 412 g/mol. The Kier molecular flexibility index (Phi) is 6.52. The van der Waals surface area contributed by atoms with E-state index in [4.69, 9.17) is 13.9 Å². The number of unbranched alkanes of at least 4 members (excludes halogenated alkanes) is 1. The van der Waals surface area contributed by atoms with Crippen molar-refractivity contribution in [2.75, 3.05) is 18.5 Å². The van der Waals surface area contributed by atoms with Gasteiger partial charge in [-0.2, -0.15) is 0 Å². The SMILES string of the molecule is CCCCOc1cccc(C(=O)Nc2nc(-c3cc4cccc(OCC)c4o3)cs2)c1. The normalized spacial score (nSPS) is 10.9. The molecule has 0 aliphatic rings. The minimum absolute atomic E-state index is 0.231. The Labute approximate surface area is 184 Å². The highest BCUT2D eigenvalue weighted by Gasteiger charge is 2.15. The van der Waals surface area contributed by atoms with Gasteiger partial charge in [0.1, 0.15) is 11.4 Å². The molecule has 0 aliphatic carbocycles. The van der Waals surface area contributed by atoms with Gasteiger partial charge in [-0.15, -0.1) is 11.3 Å². The maximum atomic E-state index is 12.7. The van der Waals surface area contributed by atoms with Crippen molar-refractivity contribution >= 4 is 33.3 Å². The van der Waals surface area contributed by atoms with Crippen LogP contribution in [0.15, 0.2) is 58.3 Å². The van der Waals surface area contributed by atoms with E-state index in [2.05, 4.69) is 17.2 Å². The molecule has 2 aromatic heterocycles. The summed E-state index contributed by atoms with van der Waals surface area (Å²) in [5, 5.41) is 6.16. The highest BCUT2D eigenvalue weighted by atomic mass is 32.1. The number of aromatic nitrogens is 1. The molecule has 2 heterocycles. The lowest BCUT2D eigenvalue weighted by atomic mass is 10.2. The number of hydrogen-bond acceptors (Lipinski definition) is 6. The van der Waals surface area contributed by atoms with Crippen molar-refractivity contribution in [2.45, 2.75) is 26.7 Å². The second kappa shape index (κ2) is 9.66. The zero-order chi connectivity index (χ0) is 21.6. The Hall–Kier alpha value is -3.32. The predicted octanol–water partition coefficient (Wildman–Crippen LogP) is 6.39. The number of rotatable bonds is 9. The van der Waals surface area contributed by atoms with E-state index in [0.717, 1.165) is 18.2 Å². The van der Waals surface area contributed by atoms with Crippen LogP contribution >= 0.6 is 11.3 Å². The number of fused-ring (bicyclic) bond motifs is 1. The molecule has 0 fully saturated rings. The van der Waals surface area contributed by atoms with Crippen LogP contribution in [0.2, 0.25) is 0 Å². The van der Waals surface area contributed by atoms with E-state index in [-0.39, 0.29) is 5.91 Å². The largest absolute Gasteiger partial charge is 0.494 e. The number of hydrogen-bond donors (Lipinski definition) is 1. The molecule has 1 N–H and O–H groups in total. The number of ether oxygens (including phenoxy) is 2. The third-order valence-electron chi connectivity index (χ3n) is 4.65. The Bertz CT molecular complexity index is 1180. The van der Waals surface area contributed by atoms with Gasteiger partial charge in [0.2, 0.25) is 0 Å². The summed E-state index contributed by atoms with van der Waals surface area (Å²) in [5.74, 6) is 1.79. The van der Waals surface area contributed by atoms with Gasteiger partial charge < -0.3 is 13.9 Å². The molecule has 4 rings (SSSR count). The van der Waals surface area contributed by atoms with E-state index >= 15 is 0 Å². The Morgan fingerprint density at radius 3 is 2.84 bits per heavy atom. The molecule has 0 atom stereocenters. The van der Waals surface area contributed by atoms with Crippen molar-refractivity contribution in [1.29, 1.82) is 0 Å². The van der Waals surface area contributed by atoms with E-state index in [1.807, 2.05) is 48.7 Å². The molecule has 0 unspecified atom stereocenters. The number of benzene rings is 2. The van der Waals surface area contributed by atoms with E-state index in [0.29, 0.717) is 52.4 Å². The van der Waals surface area contributed by atoms with Gasteiger partial charge in [-0.1, -0.05) is 31.5 Å². The molecule has 160 valence electrons. The minimum atomic E-state index is -0.231. The fourth-order valence-corrected chi connectivity index (χ4v) is 3.80. The molecule has 0 saturated carbocycles. The number of nitrogens with zero attached hydrogens (tertiary/aromatic N) is 1. The second-order valence-corrected chi connectivity index (χ2v) is 7.80. The van der Waals surface area contributed by atoms with Gasteiger partial charge in [0.25, 0.3) is 5.91 Å². The summed E-state index contributed by atoms with van der Waals surface area (Å²) in [5.41, 5.74) is 1.88. The van der Waals surface area contributed by atoms with Gasteiger partial charge in [0.05, 0.1) is 13.2 Å². The second-order valence-electron chi connectivity index (χ2n) is 6.94. The standard InChI is InChI=1S/C24H24N2O4S/c1-3-5-12-29-18-10-6-9-17(13-18)23(27)26-24-25-19(15-31-24)21-14-16-8-7-11-20(28-4-2)22(16)30-21/h6-11,13-15H,3-5,12H2,1-2H3,(H,25,26,27). The maximum Gasteiger partial charge on any atom is 0.257 e. The Morgan fingerprint density at radius 1 is 1.13 bits per heavy atom. The number of amides is 1. The van der Waals surface area contributed by atoms with Crippen molar-refractivity contribution in [3.8, 4) is 23.0 Å². The molecule has 4 aromatic rings. The van der Waals surface area contributed by atoms with Crippen molar-refractivity contribution in [2.24, 2.45) is 0 Å². The fourth-order valence-electron chi connectivity index (χ4n) is 3.11. The van der Waals surface area contributed by atoms with E-state index in [1.165, 1.54) is 11.3 Å². The van der Waals surface area contributed by atoms with Crippen molar-refractivity contribution in [3.63, 3.8) is 0 Å². The van der Waals surface area contributed by atoms with Crippen LogP contribution in [0.3, 0.4) is 0 Å². The van der Waals surface area contributed by atoms with Crippen LogP contribution < -0.4 is 14.8 Å². The molecular formula is C24H24N2O4S. The average Bonchev–Trinajstić information content (AvgIpc) is 3.42. The highest BCUT2D eigenvalue weighted by Crippen LogP contribution is 2.34. The van der Waals surface area contributed by atoms with Crippen LogP contribution in [0.5, 0.6) is 11.5 Å². The summed E-state index contributed by atoms with van der Waals surface area (Å²) >= 11 is 1.35. The molecule has 31 heavy (non-hydrogen) atoms. The molecule has 2 aromatic carbocycles. The van der Waals surface area contributed by atoms with Crippen LogP contribution in [0.1, 0.15) is 37.0 Å². The van der Waals surface area contributed by atoms with Crippen LogP contribution in [0, 0.1) is 0 Å². The van der Waals surface area contributed by atoms with Gasteiger partial charge in [-0.05, 0) is 43.7 Å². The summed E-state index contributed by atoms with van der Waals surface area (Å²) in [6, 6.07) is 14.9. The van der Waals surface area contributed by atoms with Gasteiger partial charge in [-0.25, -0.2) is 4.98 Å². The van der Waals surface area contributed by atoms with Gasteiger partial charge >= 0.3 is 0 Å². The van der Waals surface area contributed by atoms with Crippen molar-refractivity contribution in [3.05, 3.63) is 59.5 Å². The van der Waals surface area contributed by atoms with Gasteiger partial charge in [-0.3, -0.25) is 10.1 Å². The molecule has 0 aliphatic heterocycles. The van der Waals surface area contributed by atoms with Gasteiger partial charge in [0.15, 0.2) is 22.2 Å².